The standard InChI is InChI=1S/C10H18N2O/c1-7-5-9(6-7)12-10(13)11-8-3-2-4-8/h7-9H,2-6H2,1H3,(H2,11,12,13). The van der Waals surface area contributed by atoms with Crippen LogP contribution in [-0.4, -0.2) is 18.1 Å². The van der Waals surface area contributed by atoms with Crippen molar-refractivity contribution in [3.05, 3.63) is 0 Å². The molecule has 2 amide bonds. The van der Waals surface area contributed by atoms with Gasteiger partial charge < -0.3 is 10.6 Å². The minimum absolute atomic E-state index is 0.0431. The van der Waals surface area contributed by atoms with Gasteiger partial charge in [-0.1, -0.05) is 6.92 Å². The number of hydrogen-bond donors (Lipinski definition) is 2. The zero-order valence-electron chi connectivity index (χ0n) is 8.18. The lowest BCUT2D eigenvalue weighted by Crippen LogP contribution is -2.51. The molecule has 0 unspecified atom stereocenters. The van der Waals surface area contributed by atoms with Gasteiger partial charge in [0.05, 0.1) is 0 Å². The molecule has 0 aliphatic heterocycles. The summed E-state index contributed by atoms with van der Waals surface area (Å²) in [7, 11) is 0. The van der Waals surface area contributed by atoms with Crippen LogP contribution in [0.5, 0.6) is 0 Å². The van der Waals surface area contributed by atoms with Crippen molar-refractivity contribution >= 4 is 6.03 Å². The van der Waals surface area contributed by atoms with Crippen molar-refractivity contribution in [1.29, 1.82) is 0 Å². The average molecular weight is 182 g/mol. The number of nitrogens with one attached hydrogen (secondary N) is 2. The van der Waals surface area contributed by atoms with Gasteiger partial charge in [0.2, 0.25) is 0 Å². The highest BCUT2D eigenvalue weighted by Crippen LogP contribution is 2.26. The Morgan fingerprint density at radius 1 is 1.15 bits per heavy atom. The summed E-state index contributed by atoms with van der Waals surface area (Å²) in [5.41, 5.74) is 0. The minimum atomic E-state index is 0.0431. The highest BCUT2D eigenvalue weighted by Gasteiger charge is 2.27. The lowest BCUT2D eigenvalue weighted by Gasteiger charge is -2.34. The minimum Gasteiger partial charge on any atom is -0.335 e. The molecule has 3 nitrogen and oxygen atoms in total. The molecular formula is C10H18N2O. The Labute approximate surface area is 79.3 Å². The second-order valence-electron chi connectivity index (χ2n) is 4.52. The molecule has 0 aromatic carbocycles. The van der Waals surface area contributed by atoms with E-state index >= 15 is 0 Å². The Kier molecular flexibility index (Phi) is 2.42. The Hall–Kier alpha value is -0.730. The predicted octanol–water partition coefficient (Wildman–Crippen LogP) is 1.64. The van der Waals surface area contributed by atoms with E-state index in [4.69, 9.17) is 0 Å². The number of hydrogen-bond acceptors (Lipinski definition) is 1. The monoisotopic (exact) mass is 182 g/mol. The van der Waals surface area contributed by atoms with E-state index in [1.807, 2.05) is 0 Å². The van der Waals surface area contributed by atoms with E-state index in [1.54, 1.807) is 0 Å². The Balaban J connectivity index is 1.61. The van der Waals surface area contributed by atoms with Gasteiger partial charge in [-0.05, 0) is 38.0 Å². The lowest BCUT2D eigenvalue weighted by atomic mass is 9.82. The van der Waals surface area contributed by atoms with Gasteiger partial charge in [-0.15, -0.1) is 0 Å². The van der Waals surface area contributed by atoms with E-state index < -0.39 is 0 Å². The molecule has 2 aliphatic carbocycles. The van der Waals surface area contributed by atoms with Crippen molar-refractivity contribution in [2.24, 2.45) is 5.92 Å². The molecule has 0 spiro atoms. The third-order valence-corrected chi connectivity index (χ3v) is 3.15. The van der Waals surface area contributed by atoms with E-state index in [9.17, 15) is 4.79 Å². The molecule has 74 valence electrons. The fourth-order valence-electron chi connectivity index (χ4n) is 1.99. The number of carbonyl (C=O) groups excluding carboxylic acids is 1. The van der Waals surface area contributed by atoms with Crippen LogP contribution < -0.4 is 10.6 Å². The first-order valence-electron chi connectivity index (χ1n) is 5.31. The first-order valence-corrected chi connectivity index (χ1v) is 5.31. The summed E-state index contributed by atoms with van der Waals surface area (Å²) in [6, 6.07) is 0.939. The van der Waals surface area contributed by atoms with Crippen molar-refractivity contribution in [1.82, 2.24) is 10.6 Å². The summed E-state index contributed by atoms with van der Waals surface area (Å²) in [6.45, 7) is 2.22. The number of rotatable bonds is 2. The van der Waals surface area contributed by atoms with Gasteiger partial charge in [-0.2, -0.15) is 0 Å². The zero-order chi connectivity index (χ0) is 9.26. The van der Waals surface area contributed by atoms with Crippen LogP contribution in [0.25, 0.3) is 0 Å². The van der Waals surface area contributed by atoms with Crippen molar-refractivity contribution in [2.45, 2.75) is 51.1 Å². The molecule has 2 rings (SSSR count). The van der Waals surface area contributed by atoms with E-state index in [1.165, 1.54) is 6.42 Å². The largest absolute Gasteiger partial charge is 0.335 e. The van der Waals surface area contributed by atoms with E-state index in [0.29, 0.717) is 12.1 Å². The van der Waals surface area contributed by atoms with Gasteiger partial charge in [0.25, 0.3) is 0 Å². The summed E-state index contributed by atoms with van der Waals surface area (Å²) < 4.78 is 0. The molecule has 0 aromatic heterocycles. The molecule has 0 radical (unpaired) electrons. The summed E-state index contributed by atoms with van der Waals surface area (Å²) in [5.74, 6) is 0.800. The molecule has 0 saturated heterocycles. The van der Waals surface area contributed by atoms with Crippen LogP contribution in [-0.2, 0) is 0 Å². The van der Waals surface area contributed by atoms with Crippen molar-refractivity contribution in [2.75, 3.05) is 0 Å². The van der Waals surface area contributed by atoms with Crippen LogP contribution >= 0.6 is 0 Å². The SMILES string of the molecule is CC1CC(NC(=O)NC2CCC2)C1. The predicted molar refractivity (Wildman–Crippen MR) is 51.5 cm³/mol. The quantitative estimate of drug-likeness (QED) is 0.669. The van der Waals surface area contributed by atoms with Crippen molar-refractivity contribution in [3.8, 4) is 0 Å². The van der Waals surface area contributed by atoms with Crippen molar-refractivity contribution < 1.29 is 4.79 Å². The highest BCUT2D eigenvalue weighted by atomic mass is 16.2. The van der Waals surface area contributed by atoms with Crippen LogP contribution in [0.2, 0.25) is 0 Å². The Bertz CT molecular complexity index is 195. The summed E-state index contributed by atoms with van der Waals surface area (Å²) in [6.07, 6.45) is 5.89. The van der Waals surface area contributed by atoms with Crippen molar-refractivity contribution in [3.63, 3.8) is 0 Å². The molecule has 0 aromatic rings. The van der Waals surface area contributed by atoms with Gasteiger partial charge >= 0.3 is 6.03 Å². The van der Waals surface area contributed by atoms with Gasteiger partial charge in [0.1, 0.15) is 0 Å². The van der Waals surface area contributed by atoms with E-state index in [2.05, 4.69) is 17.6 Å². The van der Waals surface area contributed by atoms with E-state index in [0.717, 1.165) is 31.6 Å². The Morgan fingerprint density at radius 3 is 2.23 bits per heavy atom. The topological polar surface area (TPSA) is 41.1 Å². The molecular weight excluding hydrogens is 164 g/mol. The second kappa shape index (κ2) is 3.56. The normalized spacial score (nSPS) is 33.0. The maximum atomic E-state index is 11.3. The van der Waals surface area contributed by atoms with Gasteiger partial charge in [-0.3, -0.25) is 0 Å². The maximum Gasteiger partial charge on any atom is 0.315 e. The third kappa shape index (κ3) is 2.14. The smallest absolute Gasteiger partial charge is 0.315 e. The molecule has 3 heteroatoms. The number of urea groups is 1. The summed E-state index contributed by atoms with van der Waals surface area (Å²) in [4.78, 5) is 11.3. The molecule has 2 aliphatic rings. The maximum absolute atomic E-state index is 11.3. The third-order valence-electron chi connectivity index (χ3n) is 3.15. The summed E-state index contributed by atoms with van der Waals surface area (Å²) >= 11 is 0. The first kappa shape index (κ1) is 8.85. The number of carbonyl (C=O) groups is 1. The van der Waals surface area contributed by atoms with Crippen LogP contribution in [0.3, 0.4) is 0 Å². The zero-order valence-corrected chi connectivity index (χ0v) is 8.18. The van der Waals surface area contributed by atoms with Crippen LogP contribution in [0.15, 0.2) is 0 Å². The fraction of sp³-hybridized carbons (Fsp3) is 0.900. The molecule has 2 N–H and O–H groups in total. The van der Waals surface area contributed by atoms with Crippen LogP contribution in [0, 0.1) is 5.92 Å². The second-order valence-corrected chi connectivity index (χ2v) is 4.52. The highest BCUT2D eigenvalue weighted by molar-refractivity contribution is 5.74. The fourth-order valence-corrected chi connectivity index (χ4v) is 1.99. The molecule has 2 saturated carbocycles. The van der Waals surface area contributed by atoms with Crippen LogP contribution in [0.1, 0.15) is 39.0 Å². The van der Waals surface area contributed by atoms with E-state index in [-0.39, 0.29) is 6.03 Å². The van der Waals surface area contributed by atoms with Gasteiger partial charge in [0, 0.05) is 12.1 Å². The first-order chi connectivity index (χ1) is 6.24. The molecule has 13 heavy (non-hydrogen) atoms. The average Bonchev–Trinajstić information content (AvgIpc) is 1.94. The molecule has 0 heterocycles. The molecule has 0 bridgehead atoms. The number of amides is 2. The van der Waals surface area contributed by atoms with Crippen LogP contribution in [0.4, 0.5) is 4.79 Å². The Morgan fingerprint density at radius 2 is 1.77 bits per heavy atom. The summed E-state index contributed by atoms with van der Waals surface area (Å²) in [5, 5.41) is 5.98. The molecule has 0 atom stereocenters. The van der Waals surface area contributed by atoms with Gasteiger partial charge in [0.15, 0.2) is 0 Å². The van der Waals surface area contributed by atoms with Gasteiger partial charge in [-0.25, -0.2) is 4.79 Å². The molecule has 2 fully saturated rings. The lowest BCUT2D eigenvalue weighted by molar-refractivity contribution is 0.201.